The van der Waals surface area contributed by atoms with Gasteiger partial charge in [-0.3, -0.25) is 0 Å². The van der Waals surface area contributed by atoms with Gasteiger partial charge in [0.2, 0.25) is 0 Å². The zero-order valence-electron chi connectivity index (χ0n) is 11.8. The Bertz CT molecular complexity index is 509. The fraction of sp³-hybridized carbons (Fsp3) is 0.571. The Labute approximate surface area is 117 Å². The molecule has 20 heavy (non-hydrogen) atoms. The van der Waals surface area contributed by atoms with Crippen molar-refractivity contribution < 1.29 is 19.1 Å². The molecule has 0 saturated carbocycles. The first kappa shape index (κ1) is 14.4. The second-order valence-electron chi connectivity index (χ2n) is 5.34. The number of urea groups is 1. The molecule has 1 unspecified atom stereocenters. The van der Waals surface area contributed by atoms with Gasteiger partial charge in [-0.2, -0.15) is 0 Å². The predicted molar refractivity (Wildman–Crippen MR) is 72.6 cm³/mol. The Morgan fingerprint density at radius 1 is 1.55 bits per heavy atom. The molecular weight excluding hydrogens is 260 g/mol. The molecular formula is C14H20N2O4. The van der Waals surface area contributed by atoms with Gasteiger partial charge in [-0.25, -0.2) is 9.59 Å². The van der Waals surface area contributed by atoms with Gasteiger partial charge in [0.1, 0.15) is 17.1 Å². The molecule has 2 N–H and O–H groups in total. The minimum absolute atomic E-state index is 0.123. The van der Waals surface area contributed by atoms with E-state index in [1.54, 1.807) is 11.8 Å². The third-order valence-electron chi connectivity index (χ3n) is 3.56. The van der Waals surface area contributed by atoms with Gasteiger partial charge >= 0.3 is 12.0 Å². The van der Waals surface area contributed by atoms with Crippen molar-refractivity contribution in [2.24, 2.45) is 5.92 Å². The molecule has 1 fully saturated rings. The Morgan fingerprint density at radius 2 is 2.30 bits per heavy atom. The van der Waals surface area contributed by atoms with Crippen LogP contribution >= 0.6 is 0 Å². The van der Waals surface area contributed by atoms with Crippen LogP contribution in [0.2, 0.25) is 0 Å². The molecule has 110 valence electrons. The minimum Gasteiger partial charge on any atom is -0.478 e. The maximum atomic E-state index is 12.0. The van der Waals surface area contributed by atoms with Crippen LogP contribution in [-0.2, 0) is 6.54 Å². The van der Waals surface area contributed by atoms with E-state index >= 15 is 0 Å². The number of carbonyl (C=O) groups excluding carboxylic acids is 1. The van der Waals surface area contributed by atoms with Crippen LogP contribution in [0.15, 0.2) is 10.5 Å². The Kier molecular flexibility index (Phi) is 4.32. The number of likely N-dealkylation sites (tertiary alicyclic amines) is 1. The van der Waals surface area contributed by atoms with Crippen molar-refractivity contribution in [3.8, 4) is 0 Å². The smallest absolute Gasteiger partial charge is 0.339 e. The average Bonchev–Trinajstić information content (AvgIpc) is 2.77. The van der Waals surface area contributed by atoms with Gasteiger partial charge in [0.05, 0.1) is 6.54 Å². The number of piperidine rings is 1. The summed E-state index contributed by atoms with van der Waals surface area (Å²) < 4.78 is 5.32. The first-order valence-corrected chi connectivity index (χ1v) is 6.82. The summed E-state index contributed by atoms with van der Waals surface area (Å²) in [7, 11) is 0. The van der Waals surface area contributed by atoms with Crippen LogP contribution in [0.1, 0.15) is 41.6 Å². The number of aromatic carboxylic acids is 1. The number of rotatable bonds is 3. The quantitative estimate of drug-likeness (QED) is 0.889. The zero-order valence-corrected chi connectivity index (χ0v) is 11.8. The standard InChI is InChI=1S/C14H20N2O4/c1-9-4-3-5-16(8-9)14(19)15-7-11-6-12(13(17)18)10(2)20-11/h6,9H,3-5,7-8H2,1-2H3,(H,15,19)(H,17,18). The van der Waals surface area contributed by atoms with Gasteiger partial charge in [-0.1, -0.05) is 6.92 Å². The number of aryl methyl sites for hydroxylation is 1. The fourth-order valence-corrected chi connectivity index (χ4v) is 2.49. The summed E-state index contributed by atoms with van der Waals surface area (Å²) in [5.74, 6) is 0.319. The van der Waals surface area contributed by atoms with Gasteiger partial charge in [0, 0.05) is 13.1 Å². The lowest BCUT2D eigenvalue weighted by molar-refractivity contribution is 0.0695. The van der Waals surface area contributed by atoms with Crippen molar-refractivity contribution in [1.29, 1.82) is 0 Å². The SMILES string of the molecule is Cc1oc(CNC(=O)N2CCCC(C)C2)cc1C(=O)O. The highest BCUT2D eigenvalue weighted by Crippen LogP contribution is 2.16. The number of nitrogens with zero attached hydrogens (tertiary/aromatic N) is 1. The first-order chi connectivity index (χ1) is 9.47. The molecule has 0 aromatic carbocycles. The van der Waals surface area contributed by atoms with E-state index in [0.29, 0.717) is 17.4 Å². The van der Waals surface area contributed by atoms with Crippen LogP contribution in [-0.4, -0.2) is 35.1 Å². The van der Waals surface area contributed by atoms with Crippen molar-refractivity contribution in [1.82, 2.24) is 10.2 Å². The van der Waals surface area contributed by atoms with Crippen LogP contribution in [0.4, 0.5) is 4.79 Å². The van der Waals surface area contributed by atoms with E-state index in [0.717, 1.165) is 25.9 Å². The van der Waals surface area contributed by atoms with Gasteiger partial charge in [-0.15, -0.1) is 0 Å². The minimum atomic E-state index is -1.02. The molecule has 2 heterocycles. The number of furan rings is 1. The van der Waals surface area contributed by atoms with Crippen molar-refractivity contribution >= 4 is 12.0 Å². The number of nitrogens with one attached hydrogen (secondary N) is 1. The highest BCUT2D eigenvalue weighted by Gasteiger charge is 2.21. The number of carbonyl (C=O) groups is 2. The van der Waals surface area contributed by atoms with Gasteiger partial charge < -0.3 is 19.7 Å². The van der Waals surface area contributed by atoms with Crippen molar-refractivity contribution in [3.05, 3.63) is 23.2 Å². The number of hydrogen-bond acceptors (Lipinski definition) is 3. The lowest BCUT2D eigenvalue weighted by atomic mass is 10.0. The van der Waals surface area contributed by atoms with Crippen LogP contribution in [0.5, 0.6) is 0 Å². The Balaban J connectivity index is 1.90. The van der Waals surface area contributed by atoms with Gasteiger partial charge in [0.15, 0.2) is 0 Å². The lowest BCUT2D eigenvalue weighted by Gasteiger charge is -2.30. The van der Waals surface area contributed by atoms with E-state index in [1.807, 2.05) is 0 Å². The molecule has 6 nitrogen and oxygen atoms in total. The molecule has 0 bridgehead atoms. The van der Waals surface area contributed by atoms with Crippen molar-refractivity contribution in [2.45, 2.75) is 33.2 Å². The number of hydrogen-bond donors (Lipinski definition) is 2. The Morgan fingerprint density at radius 3 is 2.90 bits per heavy atom. The molecule has 1 saturated heterocycles. The summed E-state index contributed by atoms with van der Waals surface area (Å²) in [6, 6.07) is 1.33. The monoisotopic (exact) mass is 280 g/mol. The highest BCUT2D eigenvalue weighted by atomic mass is 16.4. The van der Waals surface area contributed by atoms with E-state index in [2.05, 4.69) is 12.2 Å². The van der Waals surface area contributed by atoms with Crippen molar-refractivity contribution in [2.75, 3.05) is 13.1 Å². The van der Waals surface area contributed by atoms with Crippen LogP contribution in [0, 0.1) is 12.8 Å². The maximum Gasteiger partial charge on any atom is 0.339 e. The maximum absolute atomic E-state index is 12.0. The van der Waals surface area contributed by atoms with E-state index < -0.39 is 5.97 Å². The van der Waals surface area contributed by atoms with E-state index in [9.17, 15) is 9.59 Å². The van der Waals surface area contributed by atoms with Crippen molar-refractivity contribution in [3.63, 3.8) is 0 Å². The lowest BCUT2D eigenvalue weighted by Crippen LogP contribution is -2.44. The Hall–Kier alpha value is -1.98. The normalized spacial score (nSPS) is 18.9. The number of amides is 2. The number of carboxylic acids is 1. The highest BCUT2D eigenvalue weighted by molar-refractivity contribution is 5.88. The molecule has 1 aromatic rings. The fourth-order valence-electron chi connectivity index (χ4n) is 2.49. The first-order valence-electron chi connectivity index (χ1n) is 6.82. The van der Waals surface area contributed by atoms with Crippen LogP contribution < -0.4 is 5.32 Å². The topological polar surface area (TPSA) is 82.8 Å². The van der Waals surface area contributed by atoms with E-state index in [-0.39, 0.29) is 18.1 Å². The zero-order chi connectivity index (χ0) is 14.7. The molecule has 2 amide bonds. The molecule has 1 atom stereocenters. The van der Waals surface area contributed by atoms with Gasteiger partial charge in [-0.05, 0) is 31.7 Å². The molecule has 0 aliphatic carbocycles. The summed E-state index contributed by atoms with van der Waals surface area (Å²) in [4.78, 5) is 24.7. The summed E-state index contributed by atoms with van der Waals surface area (Å²) in [6.07, 6.45) is 2.18. The average molecular weight is 280 g/mol. The summed E-state index contributed by atoms with van der Waals surface area (Å²) in [5, 5.41) is 11.7. The van der Waals surface area contributed by atoms with Gasteiger partial charge in [0.25, 0.3) is 0 Å². The molecule has 1 aromatic heterocycles. The van der Waals surface area contributed by atoms with Crippen LogP contribution in [0.3, 0.4) is 0 Å². The third kappa shape index (κ3) is 3.31. The molecule has 1 aliphatic heterocycles. The second kappa shape index (κ2) is 5.98. The van der Waals surface area contributed by atoms with E-state index in [4.69, 9.17) is 9.52 Å². The summed E-state index contributed by atoms with van der Waals surface area (Å²) >= 11 is 0. The molecule has 1 aliphatic rings. The molecule has 2 rings (SSSR count). The summed E-state index contributed by atoms with van der Waals surface area (Å²) in [5.41, 5.74) is 0.140. The summed E-state index contributed by atoms with van der Waals surface area (Å²) in [6.45, 7) is 5.48. The second-order valence-corrected chi connectivity index (χ2v) is 5.34. The van der Waals surface area contributed by atoms with Crippen LogP contribution in [0.25, 0.3) is 0 Å². The van der Waals surface area contributed by atoms with E-state index in [1.165, 1.54) is 6.07 Å². The third-order valence-corrected chi connectivity index (χ3v) is 3.56. The largest absolute Gasteiger partial charge is 0.478 e. The molecule has 0 spiro atoms. The number of carboxylic acid groups (broad SMARTS) is 1. The molecule has 0 radical (unpaired) electrons. The molecule has 6 heteroatoms. The predicted octanol–water partition coefficient (Wildman–Crippen LogP) is 2.23.